The van der Waals surface area contributed by atoms with Crippen LogP contribution in [0, 0.1) is 0 Å². The Balaban J connectivity index is 1.91. The fourth-order valence-corrected chi connectivity index (χ4v) is 2.35. The van der Waals surface area contributed by atoms with Crippen molar-refractivity contribution in [3.05, 3.63) is 59.7 Å². The third kappa shape index (κ3) is 5.85. The quantitative estimate of drug-likeness (QED) is 0.573. The third-order valence-electron chi connectivity index (χ3n) is 4.05. The monoisotopic (exact) mass is 368 g/mol. The number of carbonyl (C=O) groups is 3. The second-order valence-electron chi connectivity index (χ2n) is 6.17. The zero-order chi connectivity index (χ0) is 19.8. The Morgan fingerprint density at radius 3 is 2.33 bits per heavy atom. The molecule has 0 aliphatic carbocycles. The Labute approximate surface area is 158 Å². The van der Waals surface area contributed by atoms with Gasteiger partial charge in [0.25, 0.3) is 11.8 Å². The Kier molecular flexibility index (Phi) is 6.93. The number of para-hydroxylation sites is 1. The van der Waals surface area contributed by atoms with Crippen molar-refractivity contribution in [1.29, 1.82) is 0 Å². The van der Waals surface area contributed by atoms with Crippen LogP contribution >= 0.6 is 0 Å². The Bertz CT molecular complexity index is 818. The molecular formula is C20H24N4O3. The molecule has 0 fully saturated rings. The van der Waals surface area contributed by atoms with E-state index in [1.807, 2.05) is 13.8 Å². The normalized spacial score (nSPS) is 11.3. The van der Waals surface area contributed by atoms with Crippen LogP contribution in [0.15, 0.2) is 48.5 Å². The summed E-state index contributed by atoms with van der Waals surface area (Å²) in [6.45, 7) is 3.91. The second-order valence-corrected chi connectivity index (χ2v) is 6.17. The van der Waals surface area contributed by atoms with Gasteiger partial charge in [-0.1, -0.05) is 19.1 Å². The summed E-state index contributed by atoms with van der Waals surface area (Å²) < 4.78 is 0. The molecule has 1 unspecified atom stereocenters. The summed E-state index contributed by atoms with van der Waals surface area (Å²) in [5.41, 5.74) is 7.23. The molecule has 3 amide bonds. The first-order valence-electron chi connectivity index (χ1n) is 8.74. The maximum absolute atomic E-state index is 12.1. The average molecular weight is 368 g/mol. The molecule has 0 aliphatic rings. The van der Waals surface area contributed by atoms with Gasteiger partial charge in [-0.3, -0.25) is 14.4 Å². The summed E-state index contributed by atoms with van der Waals surface area (Å²) in [6, 6.07) is 13.5. The predicted molar refractivity (Wildman–Crippen MR) is 106 cm³/mol. The van der Waals surface area contributed by atoms with Gasteiger partial charge in [-0.2, -0.15) is 0 Å². The summed E-state index contributed by atoms with van der Waals surface area (Å²) in [6.07, 6.45) is 0.853. The van der Waals surface area contributed by atoms with Crippen molar-refractivity contribution >= 4 is 29.1 Å². The van der Waals surface area contributed by atoms with E-state index < -0.39 is 5.91 Å². The number of nitrogens with two attached hydrogens (primary N) is 1. The number of rotatable bonds is 8. The molecule has 27 heavy (non-hydrogen) atoms. The van der Waals surface area contributed by atoms with Crippen molar-refractivity contribution < 1.29 is 14.4 Å². The van der Waals surface area contributed by atoms with E-state index in [4.69, 9.17) is 5.73 Å². The van der Waals surface area contributed by atoms with Crippen molar-refractivity contribution in [2.45, 2.75) is 26.3 Å². The molecule has 2 aromatic rings. The van der Waals surface area contributed by atoms with E-state index in [0.717, 1.165) is 6.42 Å². The molecule has 0 aromatic heterocycles. The molecule has 0 spiro atoms. The van der Waals surface area contributed by atoms with Gasteiger partial charge >= 0.3 is 0 Å². The molecule has 0 saturated carbocycles. The minimum absolute atomic E-state index is 0.0272. The first-order valence-corrected chi connectivity index (χ1v) is 8.74. The third-order valence-corrected chi connectivity index (χ3v) is 4.05. The lowest BCUT2D eigenvalue weighted by molar-refractivity contribution is -0.114. The zero-order valence-corrected chi connectivity index (χ0v) is 15.4. The highest BCUT2D eigenvalue weighted by Crippen LogP contribution is 2.14. The Morgan fingerprint density at radius 2 is 1.70 bits per heavy atom. The number of hydrogen-bond acceptors (Lipinski definition) is 4. The highest BCUT2D eigenvalue weighted by atomic mass is 16.2. The van der Waals surface area contributed by atoms with Crippen LogP contribution in [-0.4, -0.2) is 30.3 Å². The number of hydrogen-bond donors (Lipinski definition) is 4. The van der Waals surface area contributed by atoms with Crippen molar-refractivity contribution in [2.24, 2.45) is 5.73 Å². The molecule has 5 N–H and O–H groups in total. The molecule has 1 atom stereocenters. The van der Waals surface area contributed by atoms with Gasteiger partial charge < -0.3 is 21.7 Å². The van der Waals surface area contributed by atoms with E-state index in [2.05, 4.69) is 16.0 Å². The summed E-state index contributed by atoms with van der Waals surface area (Å²) in [5, 5.41) is 8.51. The van der Waals surface area contributed by atoms with Gasteiger partial charge in [0.15, 0.2) is 0 Å². The average Bonchev–Trinajstić information content (AvgIpc) is 2.66. The molecule has 2 rings (SSSR count). The number of nitrogens with one attached hydrogen (secondary N) is 3. The maximum atomic E-state index is 12.1. The molecule has 2 aromatic carbocycles. The maximum Gasteiger partial charge on any atom is 0.251 e. The lowest BCUT2D eigenvalue weighted by Crippen LogP contribution is -2.31. The molecule has 0 aliphatic heterocycles. The minimum Gasteiger partial charge on any atom is -0.376 e. The lowest BCUT2D eigenvalue weighted by atomic mass is 10.1. The Hall–Kier alpha value is -3.35. The summed E-state index contributed by atoms with van der Waals surface area (Å²) >= 11 is 0. The van der Waals surface area contributed by atoms with Crippen LogP contribution in [-0.2, 0) is 4.79 Å². The number of carbonyl (C=O) groups excluding carboxylic acids is 3. The van der Waals surface area contributed by atoms with Crippen LogP contribution in [0.2, 0.25) is 0 Å². The van der Waals surface area contributed by atoms with Crippen molar-refractivity contribution in [2.75, 3.05) is 17.2 Å². The SMILES string of the molecule is CCC(C)NC(=O)c1ccc(NC(=O)CNc2ccccc2C(N)=O)cc1. The fourth-order valence-electron chi connectivity index (χ4n) is 2.35. The minimum atomic E-state index is -0.565. The topological polar surface area (TPSA) is 113 Å². The molecular weight excluding hydrogens is 344 g/mol. The largest absolute Gasteiger partial charge is 0.376 e. The van der Waals surface area contributed by atoms with E-state index in [9.17, 15) is 14.4 Å². The number of anilines is 2. The highest BCUT2D eigenvalue weighted by molar-refractivity contribution is 6.00. The van der Waals surface area contributed by atoms with Gasteiger partial charge in [0, 0.05) is 23.0 Å². The van der Waals surface area contributed by atoms with Crippen LogP contribution in [0.4, 0.5) is 11.4 Å². The predicted octanol–water partition coefficient (Wildman–Crippen LogP) is 2.36. The van der Waals surface area contributed by atoms with E-state index in [1.165, 1.54) is 0 Å². The van der Waals surface area contributed by atoms with Crippen LogP contribution in [0.1, 0.15) is 41.0 Å². The molecule has 0 bridgehead atoms. The fraction of sp³-hybridized carbons (Fsp3) is 0.250. The summed E-state index contributed by atoms with van der Waals surface area (Å²) in [5.74, 6) is -0.997. The van der Waals surface area contributed by atoms with Crippen LogP contribution in [0.3, 0.4) is 0 Å². The molecule has 0 saturated heterocycles. The zero-order valence-electron chi connectivity index (χ0n) is 15.4. The number of benzene rings is 2. The number of primary amides is 1. The van der Waals surface area contributed by atoms with Crippen LogP contribution in [0.5, 0.6) is 0 Å². The lowest BCUT2D eigenvalue weighted by Gasteiger charge is -2.12. The van der Waals surface area contributed by atoms with Gasteiger partial charge in [0.2, 0.25) is 5.91 Å². The smallest absolute Gasteiger partial charge is 0.251 e. The molecule has 7 nitrogen and oxygen atoms in total. The van der Waals surface area contributed by atoms with Gasteiger partial charge in [-0.05, 0) is 49.7 Å². The molecule has 0 radical (unpaired) electrons. The van der Waals surface area contributed by atoms with Gasteiger partial charge in [0.1, 0.15) is 0 Å². The standard InChI is InChI=1S/C20H24N4O3/c1-3-13(2)23-20(27)14-8-10-15(11-9-14)24-18(25)12-22-17-7-5-4-6-16(17)19(21)26/h4-11,13,22H,3,12H2,1-2H3,(H2,21,26)(H,23,27)(H,24,25). The van der Waals surface area contributed by atoms with Gasteiger partial charge in [-0.25, -0.2) is 0 Å². The van der Waals surface area contributed by atoms with E-state index in [-0.39, 0.29) is 24.4 Å². The van der Waals surface area contributed by atoms with Crippen molar-refractivity contribution in [3.8, 4) is 0 Å². The first kappa shape index (κ1) is 20.0. The second kappa shape index (κ2) is 9.38. The van der Waals surface area contributed by atoms with Gasteiger partial charge in [-0.15, -0.1) is 0 Å². The first-order chi connectivity index (χ1) is 12.9. The van der Waals surface area contributed by atoms with Crippen molar-refractivity contribution in [1.82, 2.24) is 5.32 Å². The highest BCUT2D eigenvalue weighted by Gasteiger charge is 2.10. The molecule has 0 heterocycles. The van der Waals surface area contributed by atoms with E-state index in [0.29, 0.717) is 22.5 Å². The molecule has 142 valence electrons. The van der Waals surface area contributed by atoms with Crippen LogP contribution in [0.25, 0.3) is 0 Å². The van der Waals surface area contributed by atoms with Gasteiger partial charge in [0.05, 0.1) is 12.1 Å². The van der Waals surface area contributed by atoms with E-state index >= 15 is 0 Å². The van der Waals surface area contributed by atoms with Crippen LogP contribution < -0.4 is 21.7 Å². The molecule has 7 heteroatoms. The number of amides is 3. The summed E-state index contributed by atoms with van der Waals surface area (Å²) in [7, 11) is 0. The summed E-state index contributed by atoms with van der Waals surface area (Å²) in [4.78, 5) is 35.5. The van der Waals surface area contributed by atoms with Crippen molar-refractivity contribution in [3.63, 3.8) is 0 Å². The van der Waals surface area contributed by atoms with E-state index in [1.54, 1.807) is 48.5 Å². The Morgan fingerprint density at radius 1 is 1.04 bits per heavy atom.